The summed E-state index contributed by atoms with van der Waals surface area (Å²) in [6.45, 7) is 5.01. The number of carbonyl (C=O) groups excluding carboxylic acids is 2. The van der Waals surface area contributed by atoms with Crippen molar-refractivity contribution in [2.24, 2.45) is 0 Å². The number of aliphatic hydroxyl groups excluding tert-OH is 2. The molecule has 0 rings (SSSR count). The lowest BCUT2D eigenvalue weighted by atomic mass is 10.0. The van der Waals surface area contributed by atoms with Crippen molar-refractivity contribution in [1.82, 2.24) is 5.32 Å². The molecule has 6 heteroatoms. The van der Waals surface area contributed by atoms with Crippen LogP contribution in [0.2, 0.25) is 0 Å². The fourth-order valence-electron chi connectivity index (χ4n) is 13.5. The van der Waals surface area contributed by atoms with Crippen LogP contribution in [0, 0.1) is 0 Å². The molecule has 530 valence electrons. The van der Waals surface area contributed by atoms with Crippen molar-refractivity contribution in [3.05, 3.63) is 12.2 Å². The molecule has 0 saturated carbocycles. The predicted octanol–water partition coefficient (Wildman–Crippen LogP) is 27.4. The number of hydrogen-bond donors (Lipinski definition) is 3. The van der Waals surface area contributed by atoms with E-state index in [-0.39, 0.29) is 18.5 Å². The number of esters is 1. The Kier molecular flexibility index (Phi) is 77.8. The number of ether oxygens (including phenoxy) is 1. The van der Waals surface area contributed by atoms with Crippen LogP contribution in [0.4, 0.5) is 0 Å². The van der Waals surface area contributed by atoms with Gasteiger partial charge in [0.05, 0.1) is 25.4 Å². The van der Waals surface area contributed by atoms with Crippen LogP contribution in [0.3, 0.4) is 0 Å². The standard InChI is InChI=1S/C83H163NO5/c1-3-5-7-9-11-13-15-17-19-20-21-22-23-32-35-38-41-44-48-51-55-59-63-67-71-75-81(86)80(79-85)84-82(87)76-72-68-64-60-56-52-49-45-42-39-36-33-30-28-26-24-25-27-29-31-34-37-40-43-46-50-54-58-62-66-70-74-78-89-83(88)77-73-69-65-61-57-53-47-18-16-14-12-10-8-6-4-2/h18,47,80-81,85-86H,3-17,19-46,48-79H2,1-2H3,(H,84,87)/b47-18-. The minimum Gasteiger partial charge on any atom is -0.466 e. The zero-order chi connectivity index (χ0) is 64.2. The van der Waals surface area contributed by atoms with Gasteiger partial charge in [-0.3, -0.25) is 9.59 Å². The monoisotopic (exact) mass is 1250 g/mol. The van der Waals surface area contributed by atoms with Crippen LogP contribution < -0.4 is 5.32 Å². The Labute approximate surface area is 559 Å². The summed E-state index contributed by atoms with van der Waals surface area (Å²) in [7, 11) is 0. The highest BCUT2D eigenvalue weighted by Gasteiger charge is 2.20. The van der Waals surface area contributed by atoms with Gasteiger partial charge >= 0.3 is 5.97 Å². The van der Waals surface area contributed by atoms with Gasteiger partial charge in [-0.05, 0) is 51.4 Å². The van der Waals surface area contributed by atoms with E-state index in [2.05, 4.69) is 31.3 Å². The Balaban J connectivity index is 3.33. The van der Waals surface area contributed by atoms with Gasteiger partial charge in [-0.1, -0.05) is 431 Å². The Morgan fingerprint density at radius 2 is 0.528 bits per heavy atom. The molecule has 0 saturated heterocycles. The second-order valence-corrected chi connectivity index (χ2v) is 28.8. The van der Waals surface area contributed by atoms with Gasteiger partial charge in [0.1, 0.15) is 0 Å². The van der Waals surface area contributed by atoms with Crippen molar-refractivity contribution in [3.63, 3.8) is 0 Å². The zero-order valence-electron chi connectivity index (χ0n) is 61.0. The Morgan fingerprint density at radius 1 is 0.303 bits per heavy atom. The lowest BCUT2D eigenvalue weighted by Gasteiger charge is -2.22. The molecular weight excluding hydrogens is 1090 g/mol. The second kappa shape index (κ2) is 79.0. The molecule has 89 heavy (non-hydrogen) atoms. The molecule has 0 fully saturated rings. The Bertz CT molecular complexity index is 1350. The van der Waals surface area contributed by atoms with E-state index in [9.17, 15) is 19.8 Å². The average Bonchev–Trinajstić information content (AvgIpc) is 3.57. The van der Waals surface area contributed by atoms with E-state index in [4.69, 9.17) is 4.74 Å². The van der Waals surface area contributed by atoms with Gasteiger partial charge < -0.3 is 20.3 Å². The van der Waals surface area contributed by atoms with E-state index in [1.807, 2.05) is 0 Å². The van der Waals surface area contributed by atoms with E-state index in [0.29, 0.717) is 25.9 Å². The molecule has 0 aromatic carbocycles. The van der Waals surface area contributed by atoms with Crippen LogP contribution in [-0.4, -0.2) is 47.4 Å². The number of allylic oxidation sites excluding steroid dienone is 2. The molecule has 0 spiro atoms. The molecule has 2 atom stereocenters. The summed E-state index contributed by atoms with van der Waals surface area (Å²) in [6.07, 6.45) is 100. The maximum Gasteiger partial charge on any atom is 0.305 e. The smallest absolute Gasteiger partial charge is 0.305 e. The Hall–Kier alpha value is -1.40. The molecule has 0 aliphatic heterocycles. The molecule has 0 aromatic rings. The summed E-state index contributed by atoms with van der Waals surface area (Å²) >= 11 is 0. The first-order chi connectivity index (χ1) is 44.0. The molecular formula is C83H163NO5. The summed E-state index contributed by atoms with van der Waals surface area (Å²) in [5.74, 6) is -0.00922. The van der Waals surface area contributed by atoms with Gasteiger partial charge in [0.2, 0.25) is 5.91 Å². The number of amides is 1. The van der Waals surface area contributed by atoms with E-state index < -0.39 is 12.1 Å². The topological polar surface area (TPSA) is 95.9 Å². The maximum atomic E-state index is 12.6. The van der Waals surface area contributed by atoms with Gasteiger partial charge in [-0.2, -0.15) is 0 Å². The molecule has 0 heterocycles. The molecule has 6 nitrogen and oxygen atoms in total. The summed E-state index contributed by atoms with van der Waals surface area (Å²) < 4.78 is 5.50. The average molecular weight is 1260 g/mol. The van der Waals surface area contributed by atoms with Gasteiger partial charge in [-0.25, -0.2) is 0 Å². The van der Waals surface area contributed by atoms with E-state index in [1.165, 1.54) is 405 Å². The lowest BCUT2D eigenvalue weighted by Crippen LogP contribution is -2.45. The van der Waals surface area contributed by atoms with Crippen LogP contribution in [0.25, 0.3) is 0 Å². The SMILES string of the molecule is CCCCCCCC/C=C\CCCCCCCC(=O)OCCCCCCCCCCCCCCCCCCCCCCCCCCCCCCCCCCC(=O)NC(CO)C(O)CCCCCCCCCCCCCCCCCCCCCCCCCCC. The van der Waals surface area contributed by atoms with Crippen LogP contribution >= 0.6 is 0 Å². The fourth-order valence-corrected chi connectivity index (χ4v) is 13.5. The van der Waals surface area contributed by atoms with Crippen molar-refractivity contribution in [3.8, 4) is 0 Å². The van der Waals surface area contributed by atoms with Gasteiger partial charge in [-0.15, -0.1) is 0 Å². The van der Waals surface area contributed by atoms with Crippen molar-refractivity contribution in [1.29, 1.82) is 0 Å². The van der Waals surface area contributed by atoms with Crippen molar-refractivity contribution in [2.45, 2.75) is 495 Å². The summed E-state index contributed by atoms with van der Waals surface area (Å²) in [5, 5.41) is 23.5. The molecule has 3 N–H and O–H groups in total. The van der Waals surface area contributed by atoms with Crippen molar-refractivity contribution >= 4 is 11.9 Å². The highest BCUT2D eigenvalue weighted by Crippen LogP contribution is 2.21. The largest absolute Gasteiger partial charge is 0.466 e. The van der Waals surface area contributed by atoms with Crippen LogP contribution in [-0.2, 0) is 14.3 Å². The molecule has 0 bridgehead atoms. The first-order valence-electron chi connectivity index (χ1n) is 41.4. The van der Waals surface area contributed by atoms with E-state index in [1.54, 1.807) is 0 Å². The number of hydrogen-bond acceptors (Lipinski definition) is 5. The molecule has 0 radical (unpaired) electrons. The first-order valence-corrected chi connectivity index (χ1v) is 41.4. The third-order valence-corrected chi connectivity index (χ3v) is 19.8. The summed E-state index contributed by atoms with van der Waals surface area (Å²) in [4.78, 5) is 24.7. The molecule has 0 aliphatic rings. The van der Waals surface area contributed by atoms with Gasteiger partial charge in [0.15, 0.2) is 0 Å². The molecule has 0 aromatic heterocycles. The van der Waals surface area contributed by atoms with Crippen LogP contribution in [0.15, 0.2) is 12.2 Å². The number of carbonyl (C=O) groups is 2. The van der Waals surface area contributed by atoms with Crippen LogP contribution in [0.5, 0.6) is 0 Å². The minimum absolute atomic E-state index is 0.0147. The quantitative estimate of drug-likeness (QED) is 0.0320. The van der Waals surface area contributed by atoms with Crippen molar-refractivity contribution < 1.29 is 24.5 Å². The highest BCUT2D eigenvalue weighted by atomic mass is 16.5. The zero-order valence-corrected chi connectivity index (χ0v) is 61.0. The van der Waals surface area contributed by atoms with E-state index in [0.717, 1.165) is 44.9 Å². The Morgan fingerprint density at radius 3 is 0.798 bits per heavy atom. The molecule has 0 aliphatic carbocycles. The summed E-state index contributed by atoms with van der Waals surface area (Å²) in [5.41, 5.74) is 0. The number of unbranched alkanes of at least 4 members (excludes halogenated alkanes) is 66. The molecule has 2 unspecified atom stereocenters. The van der Waals surface area contributed by atoms with Crippen LogP contribution in [0.1, 0.15) is 483 Å². The first kappa shape index (κ1) is 87.6. The third kappa shape index (κ3) is 75.5. The highest BCUT2D eigenvalue weighted by molar-refractivity contribution is 5.76. The number of nitrogens with one attached hydrogen (secondary N) is 1. The maximum absolute atomic E-state index is 12.6. The molecule has 1 amide bonds. The number of rotatable bonds is 79. The summed E-state index contributed by atoms with van der Waals surface area (Å²) in [6, 6.07) is -0.539. The lowest BCUT2D eigenvalue weighted by molar-refractivity contribution is -0.143. The fraction of sp³-hybridized carbons (Fsp3) is 0.952. The predicted molar refractivity (Wildman–Crippen MR) is 394 cm³/mol. The number of aliphatic hydroxyl groups is 2. The minimum atomic E-state index is -0.662. The second-order valence-electron chi connectivity index (χ2n) is 28.8. The van der Waals surface area contributed by atoms with Crippen molar-refractivity contribution in [2.75, 3.05) is 13.2 Å². The van der Waals surface area contributed by atoms with E-state index >= 15 is 0 Å². The van der Waals surface area contributed by atoms with Gasteiger partial charge in [0, 0.05) is 12.8 Å². The van der Waals surface area contributed by atoms with Gasteiger partial charge in [0.25, 0.3) is 0 Å². The third-order valence-electron chi connectivity index (χ3n) is 19.8. The normalized spacial score (nSPS) is 12.4.